The minimum Gasteiger partial charge on any atom is -0.505 e. The van der Waals surface area contributed by atoms with E-state index in [0.29, 0.717) is 24.2 Å². The Morgan fingerprint density at radius 2 is 1.56 bits per heavy atom. The second-order valence-electron chi connectivity index (χ2n) is 23.8. The molecule has 3 fully saturated rings. The Balaban J connectivity index is 1.17. The number of unbranched alkanes of at least 4 members (excludes halogenated alkanes) is 4. The van der Waals surface area contributed by atoms with Crippen molar-refractivity contribution in [2.75, 3.05) is 27.7 Å². The van der Waals surface area contributed by atoms with Gasteiger partial charge in [0.15, 0.2) is 12.6 Å². The Hall–Kier alpha value is -3.48. The van der Waals surface area contributed by atoms with Crippen LogP contribution >= 0.6 is 12.2 Å². The molecule has 3 aliphatic rings. The lowest BCUT2D eigenvalue weighted by atomic mass is 9.77. The van der Waals surface area contributed by atoms with Gasteiger partial charge < -0.3 is 68.5 Å². The zero-order chi connectivity index (χ0) is 57.4. The lowest BCUT2D eigenvalue weighted by Crippen LogP contribution is -2.60. The van der Waals surface area contributed by atoms with Crippen LogP contribution in [0.15, 0.2) is 48.8 Å². The number of hydrogen-bond donors (Lipinski definition) is 6. The molecule has 0 aliphatic carbocycles. The number of hydrogen-bond acceptors (Lipinski definition) is 18. The van der Waals surface area contributed by atoms with Gasteiger partial charge >= 0.3 is 5.97 Å². The van der Waals surface area contributed by atoms with Crippen LogP contribution in [0.25, 0.3) is 11.3 Å². The normalized spacial score (nSPS) is 37.0. The fraction of sp³-hybridized carbons (Fsp3) is 0.759. The standard InChI is InChI=1S/C58H94N6O13S/c1-14-46-58(10,71)50(67)39(6)61(11)32-35(2)30-56(8,70)52(37(4)49(38(5)54(69)75-46)76-47-31-57(9,72-13)51(68)40(7)74-47)77-55-48(66)44(29-36(3)73-55)62(12)33-41-22-24-42(25-23-41)43-34-64(60-59-43)28-19-17-15-16-18-26-63-27-20-21-45(65)53(63)78/h20-25,27,34-40,44,46-52,55,65-68,70-71H,14-19,26,28-33H2,1-13H3/t35-,36-,37+,38-,39-,40+,44+,46-,47+,48+,49+,50-,51+,52-,55+,56-,57-,58-/m1/s1. The van der Waals surface area contributed by atoms with E-state index in [2.05, 4.69) is 27.3 Å². The zero-order valence-corrected chi connectivity index (χ0v) is 49.4. The first-order valence-electron chi connectivity index (χ1n) is 28.4. The van der Waals surface area contributed by atoms with Crippen molar-refractivity contribution < 1.29 is 63.9 Å². The summed E-state index contributed by atoms with van der Waals surface area (Å²) in [5, 5.41) is 78.7. The topological polar surface area (TPSA) is 236 Å². The minimum absolute atomic E-state index is 0.103. The van der Waals surface area contributed by atoms with E-state index in [1.165, 1.54) is 14.0 Å². The summed E-state index contributed by atoms with van der Waals surface area (Å²) in [6, 6.07) is 10.6. The van der Waals surface area contributed by atoms with Crippen LogP contribution in [-0.2, 0) is 52.8 Å². The van der Waals surface area contributed by atoms with E-state index in [0.717, 1.165) is 62.0 Å². The molecule has 3 aromatic rings. The predicted molar refractivity (Wildman–Crippen MR) is 297 cm³/mol. The van der Waals surface area contributed by atoms with Crippen LogP contribution in [0.5, 0.6) is 5.75 Å². The summed E-state index contributed by atoms with van der Waals surface area (Å²) in [4.78, 5) is 18.5. The van der Waals surface area contributed by atoms with E-state index in [9.17, 15) is 35.4 Å². The number of ether oxygens (including phenoxy) is 6. The van der Waals surface area contributed by atoms with Gasteiger partial charge in [0.25, 0.3) is 0 Å². The highest BCUT2D eigenvalue weighted by molar-refractivity contribution is 7.71. The largest absolute Gasteiger partial charge is 0.505 e. The number of cyclic esters (lactones) is 1. The van der Waals surface area contributed by atoms with Crippen molar-refractivity contribution in [1.29, 1.82) is 0 Å². The molecule has 19 nitrogen and oxygen atoms in total. The fourth-order valence-electron chi connectivity index (χ4n) is 12.2. The van der Waals surface area contributed by atoms with Crippen molar-refractivity contribution in [3.63, 3.8) is 0 Å². The second-order valence-corrected chi connectivity index (χ2v) is 24.2. The number of aliphatic hydroxyl groups is 5. The summed E-state index contributed by atoms with van der Waals surface area (Å²) < 4.78 is 42.7. The molecule has 3 aliphatic heterocycles. The van der Waals surface area contributed by atoms with Gasteiger partial charge in [0, 0.05) is 69.5 Å². The van der Waals surface area contributed by atoms with Gasteiger partial charge in [-0.1, -0.05) is 81.7 Å². The van der Waals surface area contributed by atoms with Crippen LogP contribution in [0.2, 0.25) is 0 Å². The fourth-order valence-corrected chi connectivity index (χ4v) is 12.4. The van der Waals surface area contributed by atoms with Crippen LogP contribution in [0.4, 0.5) is 0 Å². The van der Waals surface area contributed by atoms with Crippen LogP contribution in [-0.4, -0.2) is 184 Å². The molecule has 0 amide bonds. The third kappa shape index (κ3) is 15.5. The summed E-state index contributed by atoms with van der Waals surface area (Å²) >= 11 is 5.31. The molecule has 440 valence electrons. The summed E-state index contributed by atoms with van der Waals surface area (Å²) in [5.41, 5.74) is -1.79. The summed E-state index contributed by atoms with van der Waals surface area (Å²) in [7, 11) is 5.31. The average molecular weight is 1120 g/mol. The molecular weight excluding hydrogens is 1020 g/mol. The molecular formula is C58H94N6O13S. The second kappa shape index (κ2) is 27.5. The van der Waals surface area contributed by atoms with Crippen LogP contribution < -0.4 is 0 Å². The Kier molecular flexibility index (Phi) is 22.5. The first-order valence-corrected chi connectivity index (χ1v) is 28.8. The Morgan fingerprint density at radius 1 is 0.897 bits per heavy atom. The highest BCUT2D eigenvalue weighted by Crippen LogP contribution is 2.40. The van der Waals surface area contributed by atoms with Crippen molar-refractivity contribution in [3.05, 3.63) is 59.0 Å². The number of pyridine rings is 1. The van der Waals surface area contributed by atoms with Crippen LogP contribution in [0.1, 0.15) is 133 Å². The third-order valence-corrected chi connectivity index (χ3v) is 17.6. The maximum absolute atomic E-state index is 14.5. The number of carbonyl (C=O) groups is 1. The van der Waals surface area contributed by atoms with Crippen molar-refractivity contribution in [3.8, 4) is 17.0 Å². The quantitative estimate of drug-likeness (QED) is 0.0446. The van der Waals surface area contributed by atoms with Gasteiger partial charge in [0.05, 0.1) is 47.7 Å². The predicted octanol–water partition coefficient (Wildman–Crippen LogP) is 6.62. The van der Waals surface area contributed by atoms with Crippen LogP contribution in [0.3, 0.4) is 0 Å². The first-order chi connectivity index (χ1) is 36.7. The Labute approximate surface area is 468 Å². The molecule has 2 aromatic heterocycles. The number of aliphatic hydroxyl groups excluding tert-OH is 3. The molecule has 1 aromatic carbocycles. The first kappa shape index (κ1) is 63.7. The van der Waals surface area contributed by atoms with Gasteiger partial charge in [0.2, 0.25) is 0 Å². The van der Waals surface area contributed by atoms with E-state index in [-0.39, 0.29) is 37.0 Å². The number of carbonyl (C=O) groups excluding carboxylic acids is 1. The van der Waals surface area contributed by atoms with E-state index < -0.39 is 102 Å². The number of esters is 1. The zero-order valence-electron chi connectivity index (χ0n) is 48.6. The average Bonchev–Trinajstić information content (AvgIpc) is 3.87. The molecule has 0 saturated carbocycles. The van der Waals surface area contributed by atoms with Gasteiger partial charge in [-0.25, -0.2) is 0 Å². The molecule has 6 rings (SSSR count). The molecule has 20 heteroatoms. The van der Waals surface area contributed by atoms with Gasteiger partial charge in [0.1, 0.15) is 46.1 Å². The molecule has 0 unspecified atom stereocenters. The smallest absolute Gasteiger partial charge is 0.311 e. The SMILES string of the molecule is CC[C@H]1OC(=O)[C@H](C)[C@@H](O[C@H]2C[C@@](C)(OC)[C@@H](O)[C@H](C)O2)[C@H](C)[C@@H](O[C@@H]2O[C@H](C)C[C@H](N(C)Cc3ccc(-c4cn(CCCCCCCn5cccc(O)c5=S)nn4)cc3)[C@@H]2O)[C@](C)(O)C[C@@H](C)CN(C)[C@H](C)[C@@H](O)[C@]1(C)O. The van der Waals surface area contributed by atoms with Gasteiger partial charge in [-0.15, -0.1) is 5.10 Å². The molecule has 0 bridgehead atoms. The number of methoxy groups -OCH3 is 1. The highest BCUT2D eigenvalue weighted by atomic mass is 32.1. The van der Waals surface area contributed by atoms with Crippen molar-refractivity contribution in [2.45, 2.75) is 237 Å². The Morgan fingerprint density at radius 3 is 2.23 bits per heavy atom. The van der Waals surface area contributed by atoms with Gasteiger partial charge in [-0.3, -0.25) is 14.4 Å². The highest BCUT2D eigenvalue weighted by Gasteiger charge is 2.53. The van der Waals surface area contributed by atoms with Gasteiger partial charge in [-0.05, 0) is 118 Å². The summed E-state index contributed by atoms with van der Waals surface area (Å²) in [6.07, 6.45) is 0.0414. The molecule has 18 atom stereocenters. The lowest BCUT2D eigenvalue weighted by Gasteiger charge is -2.49. The molecule has 78 heavy (non-hydrogen) atoms. The Bertz CT molecular complexity index is 2410. The molecule has 5 heterocycles. The summed E-state index contributed by atoms with van der Waals surface area (Å²) in [6.45, 7) is 20.1. The number of likely N-dealkylation sites (N-methyl/N-ethyl adjacent to an activating group) is 2. The third-order valence-electron chi connectivity index (χ3n) is 17.1. The van der Waals surface area contributed by atoms with E-state index in [1.807, 2.05) is 73.5 Å². The number of nitrogens with zero attached hydrogens (tertiary/aromatic N) is 6. The number of rotatable bonds is 18. The number of aromatic hydroxyl groups is 1. The molecule has 3 saturated heterocycles. The molecule has 0 spiro atoms. The number of aryl methyl sites for hydroxylation is 2. The van der Waals surface area contributed by atoms with E-state index in [4.69, 9.17) is 40.6 Å². The van der Waals surface area contributed by atoms with Crippen molar-refractivity contribution in [2.24, 2.45) is 17.8 Å². The maximum Gasteiger partial charge on any atom is 0.311 e. The number of aromatic nitrogens is 4. The lowest BCUT2D eigenvalue weighted by molar-refractivity contribution is -0.318. The van der Waals surface area contributed by atoms with E-state index >= 15 is 0 Å². The number of benzene rings is 1. The monoisotopic (exact) mass is 1110 g/mol. The van der Waals surface area contributed by atoms with Crippen LogP contribution in [0, 0.1) is 22.4 Å². The van der Waals surface area contributed by atoms with Gasteiger partial charge in [-0.2, -0.15) is 0 Å². The molecule has 0 radical (unpaired) electrons. The minimum atomic E-state index is -1.84. The van der Waals surface area contributed by atoms with Crippen molar-refractivity contribution in [1.82, 2.24) is 29.4 Å². The maximum atomic E-state index is 14.5. The summed E-state index contributed by atoms with van der Waals surface area (Å²) in [5.74, 6) is -2.64. The molecule has 6 N–H and O–H groups in total. The van der Waals surface area contributed by atoms with Crippen molar-refractivity contribution >= 4 is 18.2 Å². The van der Waals surface area contributed by atoms with E-state index in [1.54, 1.807) is 53.7 Å².